The SMILES string of the molecule is C[C@@H](c1ccc(Cl)cc1Cl)n1cnc(-c2ccccc2)c1-c1c(C(=O)Nc2cccnc2N2CCC(N3CCCCNC3=O)CC2)[nH]c2cc(Cl)ccc12. The Balaban J connectivity index is 1.18. The predicted molar refractivity (Wildman–Crippen MR) is 217 cm³/mol. The minimum Gasteiger partial charge on any atom is -0.355 e. The van der Waals surface area contributed by atoms with Crippen LogP contribution >= 0.6 is 34.8 Å². The first-order valence-corrected chi connectivity index (χ1v) is 19.3. The van der Waals surface area contributed by atoms with Crippen molar-refractivity contribution in [3.63, 3.8) is 0 Å². The van der Waals surface area contributed by atoms with Crippen molar-refractivity contribution in [2.75, 3.05) is 36.4 Å². The molecule has 2 saturated heterocycles. The molecule has 8 rings (SSSR count). The molecule has 6 aromatic rings. The van der Waals surface area contributed by atoms with Gasteiger partial charge in [-0.05, 0) is 74.6 Å². The Kier molecular flexibility index (Phi) is 10.2. The van der Waals surface area contributed by atoms with E-state index in [9.17, 15) is 9.59 Å². The fourth-order valence-electron chi connectivity index (χ4n) is 7.76. The Morgan fingerprint density at radius 1 is 0.907 bits per heavy atom. The maximum absolute atomic E-state index is 14.7. The molecule has 3 aromatic carbocycles. The average Bonchev–Trinajstić information content (AvgIpc) is 3.71. The molecule has 0 aliphatic carbocycles. The van der Waals surface area contributed by atoms with E-state index in [1.165, 1.54) is 0 Å². The van der Waals surface area contributed by atoms with E-state index in [0.717, 1.165) is 61.0 Å². The molecule has 0 radical (unpaired) electrons. The minimum absolute atomic E-state index is 0.0228. The van der Waals surface area contributed by atoms with Gasteiger partial charge in [0.2, 0.25) is 0 Å². The molecular formula is C41H39Cl3N8O2. The topological polar surface area (TPSA) is 111 Å². The number of amides is 3. The normalized spacial score (nSPS) is 16.0. The van der Waals surface area contributed by atoms with Crippen molar-refractivity contribution in [3.8, 4) is 22.5 Å². The van der Waals surface area contributed by atoms with Gasteiger partial charge in [-0.25, -0.2) is 14.8 Å². The summed E-state index contributed by atoms with van der Waals surface area (Å²) in [5.41, 5.74) is 5.52. The number of nitrogens with one attached hydrogen (secondary N) is 3. The number of benzene rings is 3. The van der Waals surface area contributed by atoms with Crippen LogP contribution in [0.3, 0.4) is 0 Å². The second-order valence-electron chi connectivity index (χ2n) is 13.8. The highest BCUT2D eigenvalue weighted by Crippen LogP contribution is 2.42. The maximum Gasteiger partial charge on any atom is 0.317 e. The molecule has 2 aliphatic rings. The predicted octanol–water partition coefficient (Wildman–Crippen LogP) is 9.69. The molecule has 1 atom stereocenters. The lowest BCUT2D eigenvalue weighted by atomic mass is 9.99. The summed E-state index contributed by atoms with van der Waals surface area (Å²) >= 11 is 19.6. The Labute approximate surface area is 328 Å². The number of imidazole rings is 1. The van der Waals surface area contributed by atoms with Gasteiger partial charge in [-0.15, -0.1) is 0 Å². The molecule has 3 aromatic heterocycles. The molecule has 2 aliphatic heterocycles. The molecule has 5 heterocycles. The summed E-state index contributed by atoms with van der Waals surface area (Å²) in [7, 11) is 0. The van der Waals surface area contributed by atoms with E-state index in [1.54, 1.807) is 18.6 Å². The summed E-state index contributed by atoms with van der Waals surface area (Å²) in [5.74, 6) is 0.345. The van der Waals surface area contributed by atoms with Gasteiger partial charge in [0.1, 0.15) is 5.69 Å². The van der Waals surface area contributed by atoms with E-state index < -0.39 is 0 Å². The fourth-order valence-corrected chi connectivity index (χ4v) is 8.50. The van der Waals surface area contributed by atoms with Crippen LogP contribution in [0.15, 0.2) is 91.4 Å². The molecule has 54 heavy (non-hydrogen) atoms. The van der Waals surface area contributed by atoms with Crippen LogP contribution in [0.4, 0.5) is 16.3 Å². The monoisotopic (exact) mass is 780 g/mol. The summed E-state index contributed by atoms with van der Waals surface area (Å²) in [6, 6.07) is 24.5. The van der Waals surface area contributed by atoms with Crippen LogP contribution in [-0.2, 0) is 0 Å². The lowest BCUT2D eigenvalue weighted by Gasteiger charge is -2.38. The first-order chi connectivity index (χ1) is 26.3. The highest BCUT2D eigenvalue weighted by Gasteiger charge is 2.32. The highest BCUT2D eigenvalue weighted by atomic mass is 35.5. The van der Waals surface area contributed by atoms with Gasteiger partial charge in [0.05, 0.1) is 29.4 Å². The lowest BCUT2D eigenvalue weighted by molar-refractivity contribution is 0.102. The molecule has 3 amide bonds. The number of nitrogens with zero attached hydrogens (tertiary/aromatic N) is 5. The van der Waals surface area contributed by atoms with Gasteiger partial charge in [-0.1, -0.05) is 77.3 Å². The Hall–Kier alpha value is -5.03. The Morgan fingerprint density at radius 3 is 2.48 bits per heavy atom. The van der Waals surface area contributed by atoms with Gasteiger partial charge in [0, 0.05) is 75.5 Å². The van der Waals surface area contributed by atoms with Crippen LogP contribution in [0.1, 0.15) is 54.7 Å². The van der Waals surface area contributed by atoms with Crippen molar-refractivity contribution in [1.82, 2.24) is 29.7 Å². The van der Waals surface area contributed by atoms with Crippen molar-refractivity contribution in [1.29, 1.82) is 0 Å². The summed E-state index contributed by atoms with van der Waals surface area (Å²) < 4.78 is 2.05. The van der Waals surface area contributed by atoms with Gasteiger partial charge in [-0.2, -0.15) is 0 Å². The number of H-pyrrole nitrogens is 1. The number of carbonyl (C=O) groups is 2. The first kappa shape index (κ1) is 36.0. The molecule has 2 fully saturated rings. The number of piperidine rings is 1. The lowest BCUT2D eigenvalue weighted by Crippen LogP contribution is -2.50. The number of anilines is 2. The van der Waals surface area contributed by atoms with Crippen molar-refractivity contribution < 1.29 is 9.59 Å². The molecule has 0 unspecified atom stereocenters. The second kappa shape index (κ2) is 15.4. The number of hydrogen-bond donors (Lipinski definition) is 3. The van der Waals surface area contributed by atoms with Gasteiger partial charge in [-0.3, -0.25) is 4.79 Å². The molecule has 0 bridgehead atoms. The van der Waals surface area contributed by atoms with Gasteiger partial charge < -0.3 is 30.0 Å². The number of pyridine rings is 1. The molecule has 10 nitrogen and oxygen atoms in total. The number of carbonyl (C=O) groups excluding carboxylic acids is 2. The van der Waals surface area contributed by atoms with Gasteiger partial charge in [0.25, 0.3) is 5.91 Å². The number of fused-ring (bicyclic) bond motifs is 1. The van der Waals surface area contributed by atoms with Crippen molar-refractivity contribution in [2.45, 2.75) is 44.7 Å². The number of rotatable bonds is 8. The van der Waals surface area contributed by atoms with Crippen LogP contribution in [0.5, 0.6) is 0 Å². The molecular weight excluding hydrogens is 743 g/mol. The summed E-state index contributed by atoms with van der Waals surface area (Å²) in [4.78, 5) is 44.7. The quantitative estimate of drug-likeness (QED) is 0.143. The minimum atomic E-state index is -0.341. The zero-order valence-electron chi connectivity index (χ0n) is 29.7. The smallest absolute Gasteiger partial charge is 0.317 e. The van der Waals surface area contributed by atoms with Crippen LogP contribution in [0.2, 0.25) is 15.1 Å². The van der Waals surface area contributed by atoms with Crippen LogP contribution < -0.4 is 15.5 Å². The largest absolute Gasteiger partial charge is 0.355 e. The molecule has 276 valence electrons. The third-order valence-electron chi connectivity index (χ3n) is 10.5. The Morgan fingerprint density at radius 2 is 1.69 bits per heavy atom. The molecule has 0 saturated carbocycles. The summed E-state index contributed by atoms with van der Waals surface area (Å²) in [6.45, 7) is 4.95. The highest BCUT2D eigenvalue weighted by molar-refractivity contribution is 6.35. The van der Waals surface area contributed by atoms with Crippen LogP contribution in [0.25, 0.3) is 33.4 Å². The van der Waals surface area contributed by atoms with Crippen LogP contribution in [0, 0.1) is 0 Å². The number of urea groups is 1. The van der Waals surface area contributed by atoms with E-state index in [1.807, 2.05) is 84.6 Å². The first-order valence-electron chi connectivity index (χ1n) is 18.2. The third-order valence-corrected chi connectivity index (χ3v) is 11.3. The second-order valence-corrected chi connectivity index (χ2v) is 15.1. The van der Waals surface area contributed by atoms with Crippen LogP contribution in [-0.4, -0.2) is 68.6 Å². The maximum atomic E-state index is 14.7. The van der Waals surface area contributed by atoms with E-state index in [0.29, 0.717) is 62.1 Å². The summed E-state index contributed by atoms with van der Waals surface area (Å²) in [6.07, 6.45) is 7.15. The van der Waals surface area contributed by atoms with E-state index >= 15 is 0 Å². The zero-order valence-corrected chi connectivity index (χ0v) is 31.9. The standard InChI is InChI=1S/C41H39Cl3N8O2/c1-25(30-13-11-27(42)22-32(30)44)52-24-47-36(26-8-3-2-4-9-26)38(52)35-31-14-12-28(43)23-34(31)48-37(35)40(53)49-33-10-7-18-45-39(33)50-20-15-29(16-21-50)51-19-6-5-17-46-41(51)54/h2-4,7-14,18,22-25,29,48H,5-6,15-17,19-21H2,1H3,(H,46,54)(H,49,53)/t25-/m0/s1. The molecule has 0 spiro atoms. The van der Waals surface area contributed by atoms with Gasteiger partial charge >= 0.3 is 6.03 Å². The average molecular weight is 782 g/mol. The number of halogens is 3. The summed E-state index contributed by atoms with van der Waals surface area (Å²) in [5, 5.41) is 8.65. The number of aromatic amines is 1. The number of hydrogen-bond acceptors (Lipinski definition) is 5. The Bertz CT molecular complexity index is 2330. The zero-order chi connectivity index (χ0) is 37.3. The van der Waals surface area contributed by atoms with E-state index in [-0.39, 0.29) is 24.0 Å². The van der Waals surface area contributed by atoms with Crippen molar-refractivity contribution >= 4 is 69.1 Å². The van der Waals surface area contributed by atoms with E-state index in [2.05, 4.69) is 25.1 Å². The molecule has 13 heteroatoms. The number of aromatic nitrogens is 4. The fraction of sp³-hybridized carbons (Fsp3) is 0.268. The van der Waals surface area contributed by atoms with Crippen molar-refractivity contribution in [2.24, 2.45) is 0 Å². The molecule has 3 N–H and O–H groups in total. The van der Waals surface area contributed by atoms with Gasteiger partial charge in [0.15, 0.2) is 5.82 Å². The third kappa shape index (κ3) is 7.01. The van der Waals surface area contributed by atoms with E-state index in [4.69, 9.17) is 44.8 Å². The van der Waals surface area contributed by atoms with Crippen molar-refractivity contribution in [3.05, 3.63) is 118 Å².